The number of alkyl halides is 1. The highest BCUT2D eigenvalue weighted by Gasteiger charge is 2.25. The lowest BCUT2D eigenvalue weighted by Crippen LogP contribution is -2.46. The topological polar surface area (TPSA) is 29.5 Å². The molecular weight excluding hydrogens is 209 g/mol. The quantitative estimate of drug-likeness (QED) is 0.684. The van der Waals surface area contributed by atoms with Crippen LogP contribution in [0.1, 0.15) is 19.3 Å². The Balaban J connectivity index is 1.81. The Morgan fingerprint density at radius 1 is 1.56 bits per heavy atom. The number of amides is 1. The fourth-order valence-corrected chi connectivity index (χ4v) is 2.26. The molecule has 4 heteroatoms. The van der Waals surface area contributed by atoms with Crippen LogP contribution in [0.3, 0.4) is 0 Å². The maximum atomic E-state index is 12.4. The van der Waals surface area contributed by atoms with Gasteiger partial charge in [0.05, 0.1) is 6.61 Å². The van der Waals surface area contributed by atoms with E-state index in [0.29, 0.717) is 32.0 Å². The number of rotatable bonds is 3. The number of halogens is 1. The van der Waals surface area contributed by atoms with Crippen molar-refractivity contribution in [2.45, 2.75) is 25.4 Å². The molecule has 0 aromatic rings. The monoisotopic (exact) mass is 227 g/mol. The number of carbonyl (C=O) groups is 1. The van der Waals surface area contributed by atoms with Gasteiger partial charge in [-0.15, -0.1) is 0 Å². The van der Waals surface area contributed by atoms with Gasteiger partial charge in [-0.3, -0.25) is 4.79 Å². The van der Waals surface area contributed by atoms with Gasteiger partial charge in [-0.25, -0.2) is 4.39 Å². The molecule has 1 aliphatic carbocycles. The zero-order valence-corrected chi connectivity index (χ0v) is 9.40. The Bertz CT molecular complexity index is 280. The molecule has 0 aromatic heterocycles. The molecule has 0 bridgehead atoms. The van der Waals surface area contributed by atoms with Crippen LogP contribution >= 0.6 is 0 Å². The third kappa shape index (κ3) is 2.82. The van der Waals surface area contributed by atoms with Crippen LogP contribution < -0.4 is 0 Å². The second-order valence-electron chi connectivity index (χ2n) is 4.46. The molecule has 1 saturated heterocycles. The molecule has 0 saturated carbocycles. The van der Waals surface area contributed by atoms with Crippen molar-refractivity contribution in [2.75, 3.05) is 26.4 Å². The zero-order valence-electron chi connectivity index (χ0n) is 9.40. The number of allylic oxidation sites excluding steroid dienone is 2. The summed E-state index contributed by atoms with van der Waals surface area (Å²) in [6, 6.07) is 0. The molecule has 3 nitrogen and oxygen atoms in total. The van der Waals surface area contributed by atoms with Crippen LogP contribution in [0.25, 0.3) is 0 Å². The SMILES string of the molecule is O=C(C[C@@H]1C=CCC1)N1CCO[C@@H](CF)C1. The van der Waals surface area contributed by atoms with Crippen LogP contribution in [0.5, 0.6) is 0 Å². The highest BCUT2D eigenvalue weighted by Crippen LogP contribution is 2.21. The molecule has 0 spiro atoms. The minimum atomic E-state index is -0.507. The van der Waals surface area contributed by atoms with Crippen molar-refractivity contribution in [3.8, 4) is 0 Å². The summed E-state index contributed by atoms with van der Waals surface area (Å²) < 4.78 is 17.6. The zero-order chi connectivity index (χ0) is 11.4. The van der Waals surface area contributed by atoms with E-state index in [9.17, 15) is 9.18 Å². The average Bonchev–Trinajstić information content (AvgIpc) is 2.82. The fourth-order valence-electron chi connectivity index (χ4n) is 2.26. The van der Waals surface area contributed by atoms with Crippen LogP contribution in [0.4, 0.5) is 4.39 Å². The Morgan fingerprint density at radius 2 is 2.44 bits per heavy atom. The largest absolute Gasteiger partial charge is 0.372 e. The normalized spacial score (nSPS) is 29.7. The first-order chi connectivity index (χ1) is 7.79. The summed E-state index contributed by atoms with van der Waals surface area (Å²) in [6.45, 7) is 0.964. The van der Waals surface area contributed by atoms with E-state index in [1.54, 1.807) is 4.90 Å². The van der Waals surface area contributed by atoms with Crippen LogP contribution in [0.15, 0.2) is 12.2 Å². The van der Waals surface area contributed by atoms with Crippen molar-refractivity contribution in [1.82, 2.24) is 4.90 Å². The highest BCUT2D eigenvalue weighted by molar-refractivity contribution is 5.76. The number of hydrogen-bond donors (Lipinski definition) is 0. The van der Waals surface area contributed by atoms with E-state index in [1.165, 1.54) is 0 Å². The molecule has 2 aliphatic rings. The van der Waals surface area contributed by atoms with Crippen molar-refractivity contribution in [2.24, 2.45) is 5.92 Å². The van der Waals surface area contributed by atoms with Crippen LogP contribution in [-0.2, 0) is 9.53 Å². The standard InChI is InChI=1S/C12H18FNO2/c13-8-11-9-14(5-6-16-11)12(15)7-10-3-1-2-4-10/h1,3,10-11H,2,4-9H2/t10-,11+/m1/s1. The lowest BCUT2D eigenvalue weighted by Gasteiger charge is -2.32. The summed E-state index contributed by atoms with van der Waals surface area (Å²) in [5.41, 5.74) is 0. The molecule has 1 amide bonds. The Hall–Kier alpha value is -0.900. The van der Waals surface area contributed by atoms with Crippen molar-refractivity contribution in [3.05, 3.63) is 12.2 Å². The number of morpholine rings is 1. The summed E-state index contributed by atoms with van der Waals surface area (Å²) in [5.74, 6) is 0.525. The number of nitrogens with zero attached hydrogens (tertiary/aromatic N) is 1. The van der Waals surface area contributed by atoms with Gasteiger partial charge in [-0.05, 0) is 18.8 Å². The smallest absolute Gasteiger partial charge is 0.223 e. The molecule has 0 N–H and O–H groups in total. The maximum Gasteiger partial charge on any atom is 0.223 e. The minimum Gasteiger partial charge on any atom is -0.372 e. The van der Waals surface area contributed by atoms with Gasteiger partial charge in [0.1, 0.15) is 12.8 Å². The Kier molecular flexibility index (Phi) is 3.93. The van der Waals surface area contributed by atoms with Crippen molar-refractivity contribution in [3.63, 3.8) is 0 Å². The number of carbonyl (C=O) groups excluding carboxylic acids is 1. The van der Waals surface area contributed by atoms with Crippen molar-refractivity contribution in [1.29, 1.82) is 0 Å². The molecule has 1 fully saturated rings. The van der Waals surface area contributed by atoms with Crippen LogP contribution in [0.2, 0.25) is 0 Å². The number of ether oxygens (including phenoxy) is 1. The third-order valence-electron chi connectivity index (χ3n) is 3.21. The van der Waals surface area contributed by atoms with E-state index in [0.717, 1.165) is 12.8 Å². The van der Waals surface area contributed by atoms with E-state index in [4.69, 9.17) is 4.74 Å². The molecule has 90 valence electrons. The van der Waals surface area contributed by atoms with E-state index in [2.05, 4.69) is 12.2 Å². The van der Waals surface area contributed by atoms with Crippen LogP contribution in [-0.4, -0.2) is 43.3 Å². The van der Waals surface area contributed by atoms with E-state index in [1.807, 2.05) is 0 Å². The van der Waals surface area contributed by atoms with Crippen molar-refractivity contribution >= 4 is 5.91 Å². The summed E-state index contributed by atoms with van der Waals surface area (Å²) >= 11 is 0. The summed E-state index contributed by atoms with van der Waals surface area (Å²) in [5, 5.41) is 0. The highest BCUT2D eigenvalue weighted by atomic mass is 19.1. The van der Waals surface area contributed by atoms with Crippen molar-refractivity contribution < 1.29 is 13.9 Å². The molecular formula is C12H18FNO2. The van der Waals surface area contributed by atoms with Gasteiger partial charge in [0.2, 0.25) is 5.91 Å². The van der Waals surface area contributed by atoms with Gasteiger partial charge in [-0.2, -0.15) is 0 Å². The summed E-state index contributed by atoms with van der Waals surface area (Å²) in [7, 11) is 0. The van der Waals surface area contributed by atoms with Gasteiger partial charge in [0.25, 0.3) is 0 Å². The molecule has 1 heterocycles. The Labute approximate surface area is 95.3 Å². The first kappa shape index (κ1) is 11.6. The first-order valence-corrected chi connectivity index (χ1v) is 5.91. The lowest BCUT2D eigenvalue weighted by molar-refractivity contribution is -0.140. The minimum absolute atomic E-state index is 0.137. The third-order valence-corrected chi connectivity index (χ3v) is 3.21. The number of hydrogen-bond acceptors (Lipinski definition) is 2. The van der Waals surface area contributed by atoms with Gasteiger partial charge >= 0.3 is 0 Å². The van der Waals surface area contributed by atoms with E-state index >= 15 is 0 Å². The first-order valence-electron chi connectivity index (χ1n) is 5.91. The molecule has 0 unspecified atom stereocenters. The molecule has 2 atom stereocenters. The van der Waals surface area contributed by atoms with Crippen LogP contribution in [0, 0.1) is 5.92 Å². The maximum absolute atomic E-state index is 12.4. The molecule has 0 aromatic carbocycles. The second kappa shape index (κ2) is 5.43. The van der Waals surface area contributed by atoms with Gasteiger partial charge in [-0.1, -0.05) is 12.2 Å². The predicted octanol–water partition coefficient (Wildman–Crippen LogP) is 1.54. The molecule has 0 radical (unpaired) electrons. The lowest BCUT2D eigenvalue weighted by atomic mass is 10.0. The van der Waals surface area contributed by atoms with E-state index in [-0.39, 0.29) is 5.91 Å². The average molecular weight is 227 g/mol. The van der Waals surface area contributed by atoms with E-state index < -0.39 is 12.8 Å². The molecule has 1 aliphatic heterocycles. The summed E-state index contributed by atoms with van der Waals surface area (Å²) in [6.07, 6.45) is 6.54. The second-order valence-corrected chi connectivity index (χ2v) is 4.46. The molecule has 16 heavy (non-hydrogen) atoms. The predicted molar refractivity (Wildman–Crippen MR) is 58.8 cm³/mol. The Morgan fingerprint density at radius 3 is 3.12 bits per heavy atom. The van der Waals surface area contributed by atoms with Gasteiger partial charge < -0.3 is 9.64 Å². The van der Waals surface area contributed by atoms with Gasteiger partial charge in [0, 0.05) is 19.5 Å². The molecule has 2 rings (SSSR count). The summed E-state index contributed by atoms with van der Waals surface area (Å²) in [4.78, 5) is 13.7. The fraction of sp³-hybridized carbons (Fsp3) is 0.750. The van der Waals surface area contributed by atoms with Gasteiger partial charge in [0.15, 0.2) is 0 Å².